The molecule has 0 fully saturated rings. The van der Waals surface area contributed by atoms with Gasteiger partial charge in [-0.2, -0.15) is 0 Å². The Labute approximate surface area is 101 Å². The van der Waals surface area contributed by atoms with Gasteiger partial charge >= 0.3 is 5.97 Å². The van der Waals surface area contributed by atoms with Crippen LogP contribution in [0.3, 0.4) is 0 Å². The molecule has 1 N–H and O–H groups in total. The zero-order valence-electron chi connectivity index (χ0n) is 9.82. The molecule has 0 aliphatic heterocycles. The topological polar surface area (TPSA) is 38.3 Å². The second-order valence-electron chi connectivity index (χ2n) is 3.49. The quantitative estimate of drug-likeness (QED) is 0.628. The fourth-order valence-corrected chi connectivity index (χ4v) is 2.40. The van der Waals surface area contributed by atoms with E-state index in [-0.39, 0.29) is 12.0 Å². The summed E-state index contributed by atoms with van der Waals surface area (Å²) in [5.74, 6) is 0.453. The maximum Gasteiger partial charge on any atom is 0.323 e. The second kappa shape index (κ2) is 6.55. The molecule has 88 valence electrons. The van der Waals surface area contributed by atoms with Crippen LogP contribution in [-0.4, -0.2) is 31.9 Å². The first-order valence-corrected chi connectivity index (χ1v) is 6.10. The van der Waals surface area contributed by atoms with Crippen LogP contribution < -0.4 is 5.32 Å². The third-order valence-electron chi connectivity index (χ3n) is 2.24. The van der Waals surface area contributed by atoms with E-state index in [2.05, 4.69) is 24.4 Å². The number of aryl methyl sites for hydroxylation is 1. The molecule has 0 spiro atoms. The van der Waals surface area contributed by atoms with Crippen molar-refractivity contribution < 1.29 is 9.53 Å². The first-order valence-electron chi connectivity index (χ1n) is 5.12. The molecule has 16 heavy (non-hydrogen) atoms. The van der Waals surface area contributed by atoms with Gasteiger partial charge in [0.1, 0.15) is 6.04 Å². The van der Waals surface area contributed by atoms with Crippen LogP contribution in [0.4, 0.5) is 0 Å². The average molecular weight is 239 g/mol. The van der Waals surface area contributed by atoms with Crippen molar-refractivity contribution in [2.75, 3.05) is 19.9 Å². The van der Waals surface area contributed by atoms with E-state index in [9.17, 15) is 4.79 Å². The lowest BCUT2D eigenvalue weighted by molar-refractivity contribution is -0.142. The van der Waals surface area contributed by atoms with Crippen molar-refractivity contribution in [3.63, 3.8) is 0 Å². The van der Waals surface area contributed by atoms with Gasteiger partial charge in [0.05, 0.1) is 7.11 Å². The number of carbonyl (C=O) groups is 1. The molecule has 0 amide bonds. The van der Waals surface area contributed by atoms with Crippen molar-refractivity contribution in [3.8, 4) is 0 Å². The molecule has 1 atom stereocenters. The predicted octanol–water partition coefficient (Wildman–Crippen LogP) is 1.85. The van der Waals surface area contributed by atoms with Crippen LogP contribution in [0.5, 0.6) is 0 Å². The van der Waals surface area contributed by atoms with Crippen molar-refractivity contribution in [1.82, 2.24) is 5.32 Å². The normalized spacial score (nSPS) is 12.2. The monoisotopic (exact) mass is 239 g/mol. The number of hydrogen-bond donors (Lipinski definition) is 1. The van der Waals surface area contributed by atoms with Gasteiger partial charge in [-0.05, 0) is 26.1 Å². The van der Waals surface area contributed by atoms with E-state index in [4.69, 9.17) is 4.74 Å². The number of thioether (sulfide) groups is 1. The Morgan fingerprint density at radius 3 is 2.88 bits per heavy atom. The Morgan fingerprint density at radius 1 is 1.56 bits per heavy atom. The first kappa shape index (κ1) is 13.1. The summed E-state index contributed by atoms with van der Waals surface area (Å²) in [5, 5.41) is 2.94. The van der Waals surface area contributed by atoms with Crippen molar-refractivity contribution in [1.29, 1.82) is 0 Å². The molecule has 0 radical (unpaired) electrons. The number of ether oxygens (including phenoxy) is 1. The van der Waals surface area contributed by atoms with E-state index in [1.165, 1.54) is 17.6 Å². The molecule has 0 aliphatic carbocycles. The minimum Gasteiger partial charge on any atom is -0.468 e. The molecule has 1 unspecified atom stereocenters. The summed E-state index contributed by atoms with van der Waals surface area (Å²) in [4.78, 5) is 12.5. The highest BCUT2D eigenvalue weighted by atomic mass is 32.2. The van der Waals surface area contributed by atoms with E-state index < -0.39 is 0 Å². The van der Waals surface area contributed by atoms with Gasteiger partial charge in [0.25, 0.3) is 0 Å². The Hall–Kier alpha value is -1.00. The van der Waals surface area contributed by atoms with Crippen molar-refractivity contribution >= 4 is 17.7 Å². The Morgan fingerprint density at radius 2 is 2.31 bits per heavy atom. The maximum absolute atomic E-state index is 11.3. The molecule has 0 aromatic heterocycles. The number of rotatable bonds is 5. The van der Waals surface area contributed by atoms with Gasteiger partial charge in [-0.3, -0.25) is 4.79 Å². The minimum absolute atomic E-state index is 0.220. The fraction of sp³-hybridized carbons (Fsp3) is 0.417. The summed E-state index contributed by atoms with van der Waals surface area (Å²) < 4.78 is 4.70. The molecule has 0 heterocycles. The van der Waals surface area contributed by atoms with E-state index in [1.807, 2.05) is 12.1 Å². The van der Waals surface area contributed by atoms with Gasteiger partial charge in [0.2, 0.25) is 0 Å². The first-order chi connectivity index (χ1) is 7.67. The molecule has 0 bridgehead atoms. The lowest BCUT2D eigenvalue weighted by Crippen LogP contribution is -2.37. The number of methoxy groups -OCH3 is 1. The highest BCUT2D eigenvalue weighted by Gasteiger charge is 2.16. The van der Waals surface area contributed by atoms with Crippen LogP contribution in [-0.2, 0) is 9.53 Å². The summed E-state index contributed by atoms with van der Waals surface area (Å²) in [6.07, 6.45) is 0. The number of esters is 1. The molecule has 1 aromatic carbocycles. The largest absolute Gasteiger partial charge is 0.468 e. The highest BCUT2D eigenvalue weighted by Crippen LogP contribution is 2.19. The summed E-state index contributed by atoms with van der Waals surface area (Å²) >= 11 is 1.65. The van der Waals surface area contributed by atoms with Crippen LogP contribution in [0, 0.1) is 6.92 Å². The number of hydrogen-bond acceptors (Lipinski definition) is 4. The lowest BCUT2D eigenvalue weighted by atomic mass is 10.2. The van der Waals surface area contributed by atoms with Gasteiger partial charge in [-0.25, -0.2) is 0 Å². The van der Waals surface area contributed by atoms with E-state index in [0.29, 0.717) is 5.75 Å². The van der Waals surface area contributed by atoms with Crippen molar-refractivity contribution in [3.05, 3.63) is 29.8 Å². The average Bonchev–Trinajstić information content (AvgIpc) is 2.29. The molecule has 4 heteroatoms. The van der Waals surface area contributed by atoms with E-state index in [1.54, 1.807) is 18.8 Å². The Kier molecular flexibility index (Phi) is 5.35. The summed E-state index contributed by atoms with van der Waals surface area (Å²) in [5.41, 5.74) is 1.23. The van der Waals surface area contributed by atoms with Gasteiger partial charge < -0.3 is 10.1 Å². The SMILES string of the molecule is CNC(CSc1cccc(C)c1)C(=O)OC. The second-order valence-corrected chi connectivity index (χ2v) is 4.59. The van der Waals surface area contributed by atoms with Crippen LogP contribution in [0.2, 0.25) is 0 Å². The molecule has 0 saturated heterocycles. The van der Waals surface area contributed by atoms with Crippen LogP contribution in [0.1, 0.15) is 5.56 Å². The molecule has 0 saturated carbocycles. The highest BCUT2D eigenvalue weighted by molar-refractivity contribution is 7.99. The molecule has 1 rings (SSSR count). The van der Waals surface area contributed by atoms with Crippen LogP contribution in [0.25, 0.3) is 0 Å². The van der Waals surface area contributed by atoms with Crippen LogP contribution >= 0.6 is 11.8 Å². The lowest BCUT2D eigenvalue weighted by Gasteiger charge is -2.13. The molecule has 0 aliphatic rings. The van der Waals surface area contributed by atoms with Gasteiger partial charge in [-0.15, -0.1) is 11.8 Å². The zero-order valence-corrected chi connectivity index (χ0v) is 10.6. The van der Waals surface area contributed by atoms with E-state index >= 15 is 0 Å². The third kappa shape index (κ3) is 3.87. The predicted molar refractivity (Wildman–Crippen MR) is 66.8 cm³/mol. The van der Waals surface area contributed by atoms with E-state index in [0.717, 1.165) is 0 Å². The van der Waals surface area contributed by atoms with Crippen molar-refractivity contribution in [2.45, 2.75) is 17.9 Å². The van der Waals surface area contributed by atoms with Gasteiger partial charge in [0.15, 0.2) is 0 Å². The minimum atomic E-state index is -0.254. The summed E-state index contributed by atoms with van der Waals surface area (Å²) in [6, 6.07) is 7.97. The number of nitrogens with one attached hydrogen (secondary N) is 1. The fourth-order valence-electron chi connectivity index (χ4n) is 1.30. The van der Waals surface area contributed by atoms with Gasteiger partial charge in [-0.1, -0.05) is 17.7 Å². The van der Waals surface area contributed by atoms with Crippen LogP contribution in [0.15, 0.2) is 29.2 Å². The molecule has 1 aromatic rings. The standard InChI is InChI=1S/C12H17NO2S/c1-9-5-4-6-10(7-9)16-8-11(13-2)12(14)15-3/h4-7,11,13H,8H2,1-3H3. The number of carbonyl (C=O) groups excluding carboxylic acids is 1. The smallest absolute Gasteiger partial charge is 0.323 e. The number of benzene rings is 1. The maximum atomic E-state index is 11.3. The molecular formula is C12H17NO2S. The molecule has 3 nitrogen and oxygen atoms in total. The number of likely N-dealkylation sites (N-methyl/N-ethyl adjacent to an activating group) is 1. The van der Waals surface area contributed by atoms with Crippen molar-refractivity contribution in [2.24, 2.45) is 0 Å². The molecular weight excluding hydrogens is 222 g/mol. The Bertz CT molecular complexity index is 355. The Balaban J connectivity index is 2.52. The summed E-state index contributed by atoms with van der Waals surface area (Å²) in [6.45, 7) is 2.06. The third-order valence-corrected chi connectivity index (χ3v) is 3.33. The summed E-state index contributed by atoms with van der Waals surface area (Å²) in [7, 11) is 3.17. The van der Waals surface area contributed by atoms with Gasteiger partial charge in [0, 0.05) is 10.6 Å². The zero-order chi connectivity index (χ0) is 12.0.